The highest BCUT2D eigenvalue weighted by atomic mass is 32.2. The van der Waals surface area contributed by atoms with Crippen LogP contribution < -0.4 is 21.5 Å². The molecule has 3 unspecified atom stereocenters. The van der Waals surface area contributed by atoms with Crippen molar-refractivity contribution in [1.82, 2.24) is 25.1 Å². The molecule has 35 heavy (non-hydrogen) atoms. The third kappa shape index (κ3) is 4.18. The van der Waals surface area contributed by atoms with Gasteiger partial charge in [-0.15, -0.1) is 0 Å². The first-order chi connectivity index (χ1) is 16.9. The topological polar surface area (TPSA) is 111 Å². The number of hydrogen-bond donors (Lipinski definition) is 4. The number of hydrazine groups is 1. The van der Waals surface area contributed by atoms with E-state index in [4.69, 9.17) is 4.98 Å². The lowest BCUT2D eigenvalue weighted by atomic mass is 9.84. The van der Waals surface area contributed by atoms with Gasteiger partial charge in [0, 0.05) is 41.8 Å². The van der Waals surface area contributed by atoms with Crippen LogP contribution in [0.15, 0.2) is 24.4 Å². The highest BCUT2D eigenvalue weighted by Crippen LogP contribution is 2.51. The Labute approximate surface area is 207 Å². The molecular weight excluding hydrogens is 462 g/mol. The van der Waals surface area contributed by atoms with Crippen molar-refractivity contribution >= 4 is 32.6 Å². The molecule has 5 heterocycles. The molecule has 10 heteroatoms. The number of nitrogens with zero attached hydrogens (tertiary/aromatic N) is 3. The number of nitrogens with one attached hydrogen (secondary N) is 4. The Bertz CT molecular complexity index is 1190. The quantitative estimate of drug-likeness (QED) is 0.459. The molecule has 4 aliphatic rings. The Kier molecular flexibility index (Phi) is 5.90. The van der Waals surface area contributed by atoms with Gasteiger partial charge in [0.05, 0.1) is 16.4 Å². The lowest BCUT2D eigenvalue weighted by Crippen LogP contribution is -2.59. The summed E-state index contributed by atoms with van der Waals surface area (Å²) in [5.41, 5.74) is 7.40. The van der Waals surface area contributed by atoms with Gasteiger partial charge >= 0.3 is 0 Å². The lowest BCUT2D eigenvalue weighted by Gasteiger charge is -2.49. The first-order valence-electron chi connectivity index (χ1n) is 13.2. The molecule has 190 valence electrons. The molecule has 0 radical (unpaired) electrons. The molecule has 4 N–H and O–H groups in total. The zero-order chi connectivity index (χ0) is 24.2. The molecular formula is C25H37N7O2S. The normalized spacial score (nSPS) is 32.5. The summed E-state index contributed by atoms with van der Waals surface area (Å²) in [6, 6.07) is 6.73. The second-order valence-corrected chi connectivity index (χ2v) is 13.2. The van der Waals surface area contributed by atoms with E-state index in [1.54, 1.807) is 0 Å². The minimum atomic E-state index is -3.26. The second-order valence-electron chi connectivity index (χ2n) is 11.0. The molecule has 1 saturated carbocycles. The van der Waals surface area contributed by atoms with Crippen molar-refractivity contribution in [2.24, 2.45) is 0 Å². The van der Waals surface area contributed by atoms with Crippen molar-refractivity contribution in [2.75, 3.05) is 10.6 Å². The summed E-state index contributed by atoms with van der Waals surface area (Å²) in [5.74, 6) is 1.61. The van der Waals surface area contributed by atoms with Gasteiger partial charge in [0.2, 0.25) is 10.0 Å². The van der Waals surface area contributed by atoms with Crippen LogP contribution in [0.3, 0.4) is 0 Å². The van der Waals surface area contributed by atoms with Gasteiger partial charge < -0.3 is 10.6 Å². The van der Waals surface area contributed by atoms with E-state index in [1.165, 1.54) is 0 Å². The van der Waals surface area contributed by atoms with E-state index >= 15 is 0 Å². The van der Waals surface area contributed by atoms with Crippen molar-refractivity contribution in [2.45, 2.75) is 107 Å². The summed E-state index contributed by atoms with van der Waals surface area (Å²) >= 11 is 0. The molecule has 2 aromatic rings. The van der Waals surface area contributed by atoms with Gasteiger partial charge in [0.1, 0.15) is 11.6 Å². The summed E-state index contributed by atoms with van der Waals surface area (Å²) in [6.45, 7) is 4.17. The van der Waals surface area contributed by atoms with E-state index in [1.807, 2.05) is 29.6 Å². The fourth-order valence-corrected chi connectivity index (χ4v) is 9.04. The highest BCUT2D eigenvalue weighted by Gasteiger charge is 2.59. The lowest BCUT2D eigenvalue weighted by molar-refractivity contribution is 0.114. The summed E-state index contributed by atoms with van der Waals surface area (Å²) in [7, 11) is -3.26. The number of rotatable bonds is 7. The Hall–Kier alpha value is -2.01. The van der Waals surface area contributed by atoms with Crippen LogP contribution in [0.5, 0.6) is 0 Å². The van der Waals surface area contributed by atoms with E-state index in [2.05, 4.69) is 39.5 Å². The Balaban J connectivity index is 1.24. The largest absolute Gasteiger partial charge is 0.367 e. The smallest absolute Gasteiger partial charge is 0.220 e. The van der Waals surface area contributed by atoms with Crippen LogP contribution in [0.25, 0.3) is 10.9 Å². The standard InChI is InChI=1S/C25H37N7O2S/c1-3-25(9-10-25)35(33,34)32-18-6-4-7-19(32)14-17(13-18)27-24-20-8-5-11-26-21(20)15-22(29-24)28-23-12-16(2)30-31-23/h5,8,11,15-19,23,30-31H,3-4,6-7,9-10,12-14H2,1-2H3,(H2,27,28,29)/t16?,17?,18-,19+,23?. The second kappa shape index (κ2) is 8.83. The van der Waals surface area contributed by atoms with Crippen molar-refractivity contribution in [3.8, 4) is 0 Å². The molecule has 2 aromatic heterocycles. The Morgan fingerprint density at radius 1 is 1.14 bits per heavy atom. The predicted octanol–water partition coefficient (Wildman–Crippen LogP) is 3.32. The fourth-order valence-electron chi connectivity index (χ4n) is 6.45. The molecule has 6 rings (SSSR count). The summed E-state index contributed by atoms with van der Waals surface area (Å²) in [4.78, 5) is 9.53. The maximum Gasteiger partial charge on any atom is 0.220 e. The van der Waals surface area contributed by atoms with Gasteiger partial charge in [-0.05, 0) is 70.4 Å². The van der Waals surface area contributed by atoms with Crippen LogP contribution in [-0.2, 0) is 10.0 Å². The number of pyridine rings is 2. The Morgan fingerprint density at radius 2 is 1.91 bits per heavy atom. The van der Waals surface area contributed by atoms with Crippen LogP contribution in [0.2, 0.25) is 0 Å². The van der Waals surface area contributed by atoms with Gasteiger partial charge in [-0.25, -0.2) is 18.8 Å². The van der Waals surface area contributed by atoms with Crippen molar-refractivity contribution in [1.29, 1.82) is 0 Å². The fraction of sp³-hybridized carbons (Fsp3) is 0.680. The van der Waals surface area contributed by atoms with E-state index in [-0.39, 0.29) is 24.3 Å². The maximum atomic E-state index is 13.7. The molecule has 5 atom stereocenters. The maximum absolute atomic E-state index is 13.7. The summed E-state index contributed by atoms with van der Waals surface area (Å²) in [6.07, 6.45) is 9.87. The van der Waals surface area contributed by atoms with Crippen LogP contribution in [-0.4, -0.2) is 57.8 Å². The average molecular weight is 500 g/mol. The van der Waals surface area contributed by atoms with Crippen molar-refractivity contribution in [3.63, 3.8) is 0 Å². The monoisotopic (exact) mass is 499 g/mol. The van der Waals surface area contributed by atoms with E-state index in [9.17, 15) is 8.42 Å². The molecule has 0 aromatic carbocycles. The molecule has 0 spiro atoms. The first-order valence-corrected chi connectivity index (χ1v) is 14.7. The van der Waals surface area contributed by atoms with Gasteiger partial charge in [0.25, 0.3) is 0 Å². The minimum absolute atomic E-state index is 0.0787. The molecule has 3 saturated heterocycles. The molecule has 4 fully saturated rings. The van der Waals surface area contributed by atoms with E-state index in [0.717, 1.165) is 80.3 Å². The molecule has 1 aliphatic carbocycles. The van der Waals surface area contributed by atoms with Crippen LogP contribution in [0.1, 0.15) is 71.6 Å². The number of aromatic nitrogens is 2. The van der Waals surface area contributed by atoms with Gasteiger partial charge in [0.15, 0.2) is 0 Å². The van der Waals surface area contributed by atoms with Crippen molar-refractivity contribution in [3.05, 3.63) is 24.4 Å². The average Bonchev–Trinajstić information content (AvgIpc) is 3.55. The van der Waals surface area contributed by atoms with Crippen molar-refractivity contribution < 1.29 is 8.42 Å². The van der Waals surface area contributed by atoms with Gasteiger partial charge in [-0.1, -0.05) is 13.3 Å². The number of piperidine rings is 2. The molecule has 9 nitrogen and oxygen atoms in total. The molecule has 3 aliphatic heterocycles. The van der Waals surface area contributed by atoms with Gasteiger partial charge in [-0.3, -0.25) is 10.4 Å². The van der Waals surface area contributed by atoms with Crippen LogP contribution in [0.4, 0.5) is 11.6 Å². The zero-order valence-corrected chi connectivity index (χ0v) is 21.4. The van der Waals surface area contributed by atoms with Crippen LogP contribution >= 0.6 is 0 Å². The van der Waals surface area contributed by atoms with E-state index < -0.39 is 14.8 Å². The number of sulfonamides is 1. The third-order valence-corrected chi connectivity index (χ3v) is 11.5. The SMILES string of the molecule is CCC1(S(=O)(=O)N2[C@@H]3CCC[C@H]2CC(Nc2nc(NC4CC(C)NN4)cc4ncccc24)C3)CC1. The Morgan fingerprint density at radius 3 is 2.57 bits per heavy atom. The van der Waals surface area contributed by atoms with Gasteiger partial charge in [-0.2, -0.15) is 4.31 Å². The zero-order valence-electron chi connectivity index (χ0n) is 20.6. The number of hydrogen-bond acceptors (Lipinski definition) is 8. The first kappa shape index (κ1) is 23.4. The summed E-state index contributed by atoms with van der Waals surface area (Å²) in [5, 5.41) is 8.20. The summed E-state index contributed by atoms with van der Waals surface area (Å²) < 4.78 is 28.8. The molecule has 0 amide bonds. The molecule has 2 bridgehead atoms. The third-order valence-electron chi connectivity index (χ3n) is 8.54. The van der Waals surface area contributed by atoms with E-state index in [0.29, 0.717) is 6.04 Å². The van der Waals surface area contributed by atoms with Crippen LogP contribution in [0, 0.1) is 0 Å². The number of anilines is 2. The number of fused-ring (bicyclic) bond motifs is 3. The highest BCUT2D eigenvalue weighted by molar-refractivity contribution is 7.90. The minimum Gasteiger partial charge on any atom is -0.367 e. The predicted molar refractivity (Wildman–Crippen MR) is 138 cm³/mol.